The molecule has 4 aromatic rings. The van der Waals surface area contributed by atoms with Crippen LogP contribution in [0.5, 0.6) is 11.5 Å². The number of benzene rings is 4. The Labute approximate surface area is 245 Å². The highest BCUT2D eigenvalue weighted by Gasteiger charge is 2.22. The van der Waals surface area contributed by atoms with Crippen LogP contribution in [0.2, 0.25) is 0 Å². The average Bonchev–Trinajstić information content (AvgIpc) is 2.93. The summed E-state index contributed by atoms with van der Waals surface area (Å²) in [5, 5.41) is 4.72. The summed E-state index contributed by atoms with van der Waals surface area (Å²) in [5.41, 5.74) is 2.24. The molecule has 2 nitrogen and oxygen atoms in total. The number of hydrogen-bond donors (Lipinski definition) is 0. The third-order valence-electron chi connectivity index (χ3n) is 7.40. The predicted molar refractivity (Wildman–Crippen MR) is 171 cm³/mol. The van der Waals surface area contributed by atoms with Gasteiger partial charge in [-0.1, -0.05) is 110 Å². The van der Waals surface area contributed by atoms with Crippen molar-refractivity contribution in [1.82, 2.24) is 0 Å². The molecule has 38 heavy (non-hydrogen) atoms. The van der Waals surface area contributed by atoms with E-state index in [-0.39, 0.29) is 12.2 Å². The van der Waals surface area contributed by atoms with Crippen LogP contribution in [0.15, 0.2) is 69.6 Å². The first kappa shape index (κ1) is 29.0. The van der Waals surface area contributed by atoms with Crippen LogP contribution in [0, 0.1) is 0 Å². The number of rotatable bonds is 13. The standard InChI is InChI=1S/C34H40Br2O2/c1-5-9-11-27(7-3)37-31-20-15-24-21-25(35)17-18-29(24)33(31)34-30-22-26(36)16-13-23(30)14-19-32(34)38-28(8-4)12-10-6-2/h13-22,27-28H,5-12H2,1-4H3. The lowest BCUT2D eigenvalue weighted by Gasteiger charge is -2.25. The average molecular weight is 641 g/mol. The van der Waals surface area contributed by atoms with E-state index in [4.69, 9.17) is 9.47 Å². The molecule has 4 rings (SSSR count). The van der Waals surface area contributed by atoms with Crippen molar-refractivity contribution >= 4 is 53.4 Å². The van der Waals surface area contributed by atoms with Crippen LogP contribution in [0.1, 0.15) is 79.1 Å². The lowest BCUT2D eigenvalue weighted by molar-refractivity contribution is 0.181. The molecule has 0 spiro atoms. The molecule has 0 radical (unpaired) electrons. The van der Waals surface area contributed by atoms with Crippen LogP contribution in [-0.2, 0) is 0 Å². The molecule has 0 saturated carbocycles. The Morgan fingerprint density at radius 1 is 0.579 bits per heavy atom. The van der Waals surface area contributed by atoms with Gasteiger partial charge >= 0.3 is 0 Å². The molecule has 0 aliphatic carbocycles. The Bertz CT molecular complexity index is 1360. The van der Waals surface area contributed by atoms with Crippen molar-refractivity contribution in [1.29, 1.82) is 0 Å². The zero-order valence-corrected chi connectivity index (χ0v) is 26.3. The minimum atomic E-state index is 0.180. The number of halogens is 2. The largest absolute Gasteiger partial charge is 0.490 e. The molecular weight excluding hydrogens is 600 g/mol. The van der Waals surface area contributed by atoms with Gasteiger partial charge in [0, 0.05) is 20.1 Å². The van der Waals surface area contributed by atoms with Crippen molar-refractivity contribution in [3.8, 4) is 22.6 Å². The highest BCUT2D eigenvalue weighted by Crippen LogP contribution is 2.47. The Morgan fingerprint density at radius 2 is 1.08 bits per heavy atom. The van der Waals surface area contributed by atoms with Gasteiger partial charge in [-0.25, -0.2) is 0 Å². The maximum atomic E-state index is 6.84. The molecule has 2 unspecified atom stereocenters. The van der Waals surface area contributed by atoms with Crippen LogP contribution < -0.4 is 9.47 Å². The lowest BCUT2D eigenvalue weighted by Crippen LogP contribution is -2.17. The van der Waals surface area contributed by atoms with Crippen LogP contribution >= 0.6 is 31.9 Å². The van der Waals surface area contributed by atoms with Crippen LogP contribution in [0.4, 0.5) is 0 Å². The SMILES string of the molecule is CCCCC(CC)Oc1ccc2cc(Br)ccc2c1-c1c(OC(CC)CCCC)ccc2ccc(Br)cc12. The summed E-state index contributed by atoms with van der Waals surface area (Å²) in [6, 6.07) is 21.7. The second kappa shape index (κ2) is 13.8. The summed E-state index contributed by atoms with van der Waals surface area (Å²) in [7, 11) is 0. The van der Waals surface area contributed by atoms with E-state index in [2.05, 4.69) is 120 Å². The van der Waals surface area contributed by atoms with Crippen molar-refractivity contribution in [2.75, 3.05) is 0 Å². The summed E-state index contributed by atoms with van der Waals surface area (Å²) in [6.07, 6.45) is 9.12. The summed E-state index contributed by atoms with van der Waals surface area (Å²) in [5.74, 6) is 1.86. The molecule has 0 fully saturated rings. The number of fused-ring (bicyclic) bond motifs is 2. The van der Waals surface area contributed by atoms with Gasteiger partial charge in [0.05, 0.1) is 12.2 Å². The molecule has 0 saturated heterocycles. The van der Waals surface area contributed by atoms with E-state index in [9.17, 15) is 0 Å². The Balaban J connectivity index is 1.99. The molecule has 202 valence electrons. The van der Waals surface area contributed by atoms with Crippen molar-refractivity contribution < 1.29 is 9.47 Å². The molecule has 0 aliphatic rings. The highest BCUT2D eigenvalue weighted by atomic mass is 79.9. The summed E-state index contributed by atoms with van der Waals surface area (Å²) in [6.45, 7) is 8.93. The zero-order valence-electron chi connectivity index (χ0n) is 23.2. The van der Waals surface area contributed by atoms with Crippen molar-refractivity contribution in [3.05, 3.63) is 69.6 Å². The Hall–Kier alpha value is -2.04. The predicted octanol–water partition coefficient (Wildman–Crippen LogP) is 11.9. The van der Waals surface area contributed by atoms with Crippen LogP contribution in [0.3, 0.4) is 0 Å². The van der Waals surface area contributed by atoms with Gasteiger partial charge in [-0.05, 0) is 83.6 Å². The van der Waals surface area contributed by atoms with E-state index >= 15 is 0 Å². The monoisotopic (exact) mass is 638 g/mol. The minimum absolute atomic E-state index is 0.180. The van der Waals surface area contributed by atoms with Crippen LogP contribution in [-0.4, -0.2) is 12.2 Å². The second-order valence-electron chi connectivity index (χ2n) is 10.2. The first-order valence-electron chi connectivity index (χ1n) is 14.3. The zero-order chi connectivity index (χ0) is 27.1. The van der Waals surface area contributed by atoms with Crippen molar-refractivity contribution in [2.45, 2.75) is 91.3 Å². The highest BCUT2D eigenvalue weighted by molar-refractivity contribution is 9.10. The fourth-order valence-corrected chi connectivity index (χ4v) is 5.92. The van der Waals surface area contributed by atoms with Crippen molar-refractivity contribution in [2.24, 2.45) is 0 Å². The maximum Gasteiger partial charge on any atom is 0.128 e. The Kier molecular flexibility index (Phi) is 10.6. The maximum absolute atomic E-state index is 6.84. The van der Waals surface area contributed by atoms with E-state index in [1.807, 2.05) is 0 Å². The molecule has 0 aliphatic heterocycles. The van der Waals surface area contributed by atoms with E-state index < -0.39 is 0 Å². The first-order chi connectivity index (χ1) is 18.5. The molecule has 0 aromatic heterocycles. The molecule has 0 heterocycles. The quantitative estimate of drug-likeness (QED) is 0.145. The fourth-order valence-electron chi connectivity index (χ4n) is 5.18. The molecule has 4 aromatic carbocycles. The lowest BCUT2D eigenvalue weighted by atomic mass is 9.92. The third-order valence-corrected chi connectivity index (χ3v) is 8.38. The molecule has 0 bridgehead atoms. The number of ether oxygens (including phenoxy) is 2. The molecule has 2 atom stereocenters. The van der Waals surface area contributed by atoms with Gasteiger partial charge in [-0.15, -0.1) is 0 Å². The normalized spacial score (nSPS) is 13.1. The van der Waals surface area contributed by atoms with Crippen LogP contribution in [0.25, 0.3) is 32.7 Å². The number of unbranched alkanes of at least 4 members (excludes halogenated alkanes) is 2. The van der Waals surface area contributed by atoms with Gasteiger partial charge in [0.2, 0.25) is 0 Å². The molecule has 4 heteroatoms. The fraction of sp³-hybridized carbons (Fsp3) is 0.412. The van der Waals surface area contributed by atoms with Gasteiger partial charge in [-0.3, -0.25) is 0 Å². The summed E-state index contributed by atoms with van der Waals surface area (Å²) >= 11 is 7.42. The van der Waals surface area contributed by atoms with E-state index in [0.29, 0.717) is 0 Å². The summed E-state index contributed by atoms with van der Waals surface area (Å²) < 4.78 is 15.8. The number of hydrogen-bond acceptors (Lipinski definition) is 2. The third kappa shape index (κ3) is 6.74. The van der Waals surface area contributed by atoms with Crippen molar-refractivity contribution in [3.63, 3.8) is 0 Å². The van der Waals surface area contributed by atoms with Gasteiger partial charge in [-0.2, -0.15) is 0 Å². The van der Waals surface area contributed by atoms with E-state index in [1.54, 1.807) is 0 Å². The first-order valence-corrected chi connectivity index (χ1v) is 15.9. The van der Waals surface area contributed by atoms with Gasteiger partial charge in [0.1, 0.15) is 11.5 Å². The van der Waals surface area contributed by atoms with Gasteiger partial charge in [0.25, 0.3) is 0 Å². The Morgan fingerprint density at radius 3 is 1.66 bits per heavy atom. The van der Waals surface area contributed by atoms with Gasteiger partial charge < -0.3 is 9.47 Å². The minimum Gasteiger partial charge on any atom is -0.490 e. The molecular formula is C34H40Br2O2. The topological polar surface area (TPSA) is 18.5 Å². The molecule has 0 amide bonds. The smallest absolute Gasteiger partial charge is 0.128 e. The second-order valence-corrected chi connectivity index (χ2v) is 12.0. The molecule has 0 N–H and O–H groups in total. The van der Waals surface area contributed by atoms with E-state index in [0.717, 1.165) is 57.3 Å². The van der Waals surface area contributed by atoms with E-state index in [1.165, 1.54) is 47.2 Å². The van der Waals surface area contributed by atoms with Gasteiger partial charge in [0.15, 0.2) is 0 Å². The summed E-state index contributed by atoms with van der Waals surface area (Å²) in [4.78, 5) is 0.